The number of primary amides is 1. The van der Waals surface area contributed by atoms with Crippen molar-refractivity contribution in [3.63, 3.8) is 0 Å². The number of piperidine rings is 1. The second-order valence-electron chi connectivity index (χ2n) is 5.29. The molecule has 98 valence electrons. The Morgan fingerprint density at radius 2 is 2.28 bits per heavy atom. The van der Waals surface area contributed by atoms with E-state index in [9.17, 15) is 4.79 Å². The fraction of sp³-hybridized carbons (Fsp3) is 0.571. The molecule has 1 aromatic rings. The van der Waals surface area contributed by atoms with E-state index in [2.05, 4.69) is 29.8 Å². The highest BCUT2D eigenvalue weighted by molar-refractivity contribution is 5.77. The van der Waals surface area contributed by atoms with Crippen molar-refractivity contribution in [2.45, 2.75) is 32.6 Å². The second kappa shape index (κ2) is 5.38. The molecular weight excluding hydrogens is 226 g/mol. The van der Waals surface area contributed by atoms with Gasteiger partial charge >= 0.3 is 0 Å². The first kappa shape index (κ1) is 12.9. The Morgan fingerprint density at radius 3 is 2.83 bits per heavy atom. The minimum absolute atomic E-state index is 0.0367. The van der Waals surface area contributed by atoms with Crippen LogP contribution in [0.3, 0.4) is 0 Å². The van der Waals surface area contributed by atoms with Gasteiger partial charge in [0.1, 0.15) is 5.82 Å². The highest BCUT2D eigenvalue weighted by atomic mass is 16.1. The number of nitrogens with zero attached hydrogens (tertiary/aromatic N) is 2. The number of anilines is 1. The molecule has 2 rings (SSSR count). The summed E-state index contributed by atoms with van der Waals surface area (Å²) in [7, 11) is 0. The number of amides is 1. The third kappa shape index (κ3) is 2.81. The number of carbonyl (C=O) groups is 1. The average Bonchev–Trinajstić information content (AvgIpc) is 2.39. The van der Waals surface area contributed by atoms with Crippen LogP contribution in [0.5, 0.6) is 0 Å². The molecule has 0 saturated carbocycles. The van der Waals surface area contributed by atoms with Gasteiger partial charge in [0, 0.05) is 19.3 Å². The van der Waals surface area contributed by atoms with Crippen molar-refractivity contribution in [1.82, 2.24) is 4.98 Å². The Kier molecular flexibility index (Phi) is 3.84. The first-order chi connectivity index (χ1) is 8.58. The fourth-order valence-corrected chi connectivity index (χ4v) is 2.34. The lowest BCUT2D eigenvalue weighted by Crippen LogP contribution is -2.41. The van der Waals surface area contributed by atoms with Crippen molar-refractivity contribution in [1.29, 1.82) is 0 Å². The Balaban J connectivity index is 2.09. The third-order valence-corrected chi connectivity index (χ3v) is 3.59. The summed E-state index contributed by atoms with van der Waals surface area (Å²) in [6.45, 7) is 5.96. The second-order valence-corrected chi connectivity index (χ2v) is 5.29. The number of nitrogens with two attached hydrogens (primary N) is 1. The lowest BCUT2D eigenvalue weighted by atomic mass is 9.97. The molecule has 0 spiro atoms. The number of hydrogen-bond donors (Lipinski definition) is 1. The maximum atomic E-state index is 11.2. The number of hydrogen-bond acceptors (Lipinski definition) is 3. The molecule has 1 amide bonds. The minimum atomic E-state index is -0.196. The summed E-state index contributed by atoms with van der Waals surface area (Å²) in [4.78, 5) is 17.9. The van der Waals surface area contributed by atoms with E-state index in [0.29, 0.717) is 12.5 Å². The minimum Gasteiger partial charge on any atom is -0.369 e. The average molecular weight is 247 g/mol. The molecule has 1 atom stereocenters. The van der Waals surface area contributed by atoms with Gasteiger partial charge in [-0.15, -0.1) is 0 Å². The quantitative estimate of drug-likeness (QED) is 0.887. The van der Waals surface area contributed by atoms with Gasteiger partial charge in [0.25, 0.3) is 0 Å². The SMILES string of the molecule is CC(C)c1ccc(N2CCCC(C(N)=O)C2)nc1. The van der Waals surface area contributed by atoms with E-state index in [1.54, 1.807) is 0 Å². The molecule has 1 aliphatic heterocycles. The van der Waals surface area contributed by atoms with Gasteiger partial charge in [-0.2, -0.15) is 0 Å². The predicted molar refractivity (Wildman–Crippen MR) is 72.5 cm³/mol. The highest BCUT2D eigenvalue weighted by Crippen LogP contribution is 2.22. The van der Waals surface area contributed by atoms with Crippen LogP contribution in [0.4, 0.5) is 5.82 Å². The van der Waals surface area contributed by atoms with E-state index in [4.69, 9.17) is 5.73 Å². The number of carbonyl (C=O) groups excluding carboxylic acids is 1. The van der Waals surface area contributed by atoms with Crippen molar-refractivity contribution >= 4 is 11.7 Å². The summed E-state index contributed by atoms with van der Waals surface area (Å²) >= 11 is 0. The van der Waals surface area contributed by atoms with Crippen LogP contribution in [0.25, 0.3) is 0 Å². The van der Waals surface area contributed by atoms with Crippen LogP contribution in [0.1, 0.15) is 38.2 Å². The molecule has 0 bridgehead atoms. The predicted octanol–water partition coefficient (Wildman–Crippen LogP) is 1.91. The number of rotatable bonds is 3. The summed E-state index contributed by atoms with van der Waals surface area (Å²) < 4.78 is 0. The molecule has 4 nitrogen and oxygen atoms in total. The molecule has 18 heavy (non-hydrogen) atoms. The molecule has 1 aromatic heterocycles. The monoisotopic (exact) mass is 247 g/mol. The number of aromatic nitrogens is 1. The van der Waals surface area contributed by atoms with E-state index in [0.717, 1.165) is 25.2 Å². The van der Waals surface area contributed by atoms with Gasteiger partial charge in [0.05, 0.1) is 5.92 Å². The molecule has 0 aliphatic carbocycles. The zero-order valence-corrected chi connectivity index (χ0v) is 11.1. The van der Waals surface area contributed by atoms with E-state index >= 15 is 0 Å². The van der Waals surface area contributed by atoms with Crippen LogP contribution in [0, 0.1) is 5.92 Å². The summed E-state index contributed by atoms with van der Waals surface area (Å²) in [5.74, 6) is 1.21. The maximum absolute atomic E-state index is 11.2. The standard InChI is InChI=1S/C14H21N3O/c1-10(2)11-5-6-13(16-8-11)17-7-3-4-12(9-17)14(15)18/h5-6,8,10,12H,3-4,7,9H2,1-2H3,(H2,15,18). The molecule has 1 fully saturated rings. The molecule has 1 saturated heterocycles. The smallest absolute Gasteiger partial charge is 0.222 e. The summed E-state index contributed by atoms with van der Waals surface area (Å²) in [6.07, 6.45) is 3.82. The van der Waals surface area contributed by atoms with Crippen LogP contribution >= 0.6 is 0 Å². The van der Waals surface area contributed by atoms with E-state index < -0.39 is 0 Å². The van der Waals surface area contributed by atoms with Gasteiger partial charge in [-0.25, -0.2) is 4.98 Å². The highest BCUT2D eigenvalue weighted by Gasteiger charge is 2.24. The maximum Gasteiger partial charge on any atom is 0.222 e. The zero-order chi connectivity index (χ0) is 13.1. The third-order valence-electron chi connectivity index (χ3n) is 3.59. The Morgan fingerprint density at radius 1 is 1.50 bits per heavy atom. The van der Waals surface area contributed by atoms with Gasteiger partial charge in [-0.3, -0.25) is 4.79 Å². The summed E-state index contributed by atoms with van der Waals surface area (Å²) in [5, 5.41) is 0. The first-order valence-corrected chi connectivity index (χ1v) is 6.58. The summed E-state index contributed by atoms with van der Waals surface area (Å²) in [6, 6.07) is 4.15. The van der Waals surface area contributed by atoms with Gasteiger partial charge in [-0.05, 0) is 30.4 Å². The van der Waals surface area contributed by atoms with Crippen LogP contribution in [-0.2, 0) is 4.79 Å². The van der Waals surface area contributed by atoms with Gasteiger partial charge in [-0.1, -0.05) is 19.9 Å². The van der Waals surface area contributed by atoms with Gasteiger partial charge in [0.15, 0.2) is 0 Å². The molecular formula is C14H21N3O. The van der Waals surface area contributed by atoms with Gasteiger partial charge in [0.2, 0.25) is 5.91 Å². The van der Waals surface area contributed by atoms with Crippen LogP contribution in [-0.4, -0.2) is 24.0 Å². The zero-order valence-electron chi connectivity index (χ0n) is 11.1. The van der Waals surface area contributed by atoms with Crippen molar-refractivity contribution in [2.24, 2.45) is 11.7 Å². The Bertz CT molecular complexity index is 414. The lowest BCUT2D eigenvalue weighted by molar-refractivity contribution is -0.122. The largest absolute Gasteiger partial charge is 0.369 e. The Labute approximate surface area is 108 Å². The Hall–Kier alpha value is -1.58. The van der Waals surface area contributed by atoms with E-state index in [1.807, 2.05) is 12.3 Å². The normalized spacial score (nSPS) is 20.2. The molecule has 1 aliphatic rings. The van der Waals surface area contributed by atoms with Crippen LogP contribution in [0.2, 0.25) is 0 Å². The van der Waals surface area contributed by atoms with Gasteiger partial charge < -0.3 is 10.6 Å². The number of pyridine rings is 1. The van der Waals surface area contributed by atoms with E-state index in [-0.39, 0.29) is 11.8 Å². The van der Waals surface area contributed by atoms with Crippen LogP contribution in [0.15, 0.2) is 18.3 Å². The van der Waals surface area contributed by atoms with Crippen molar-refractivity contribution in [2.75, 3.05) is 18.0 Å². The molecule has 1 unspecified atom stereocenters. The molecule has 0 aromatic carbocycles. The molecule has 2 heterocycles. The molecule has 4 heteroatoms. The lowest BCUT2D eigenvalue weighted by Gasteiger charge is -2.32. The fourth-order valence-electron chi connectivity index (χ4n) is 2.34. The van der Waals surface area contributed by atoms with Crippen molar-refractivity contribution in [3.8, 4) is 0 Å². The molecule has 2 N–H and O–H groups in total. The first-order valence-electron chi connectivity index (χ1n) is 6.58. The van der Waals surface area contributed by atoms with Crippen molar-refractivity contribution in [3.05, 3.63) is 23.9 Å². The topological polar surface area (TPSA) is 59.2 Å². The van der Waals surface area contributed by atoms with Crippen molar-refractivity contribution < 1.29 is 4.79 Å². The van der Waals surface area contributed by atoms with E-state index in [1.165, 1.54) is 5.56 Å². The molecule has 0 radical (unpaired) electrons. The van der Waals surface area contributed by atoms with Crippen LogP contribution < -0.4 is 10.6 Å². The summed E-state index contributed by atoms with van der Waals surface area (Å²) in [5.41, 5.74) is 6.62.